The summed E-state index contributed by atoms with van der Waals surface area (Å²) in [5.74, 6) is 0. The van der Waals surface area contributed by atoms with Crippen molar-refractivity contribution in [1.82, 2.24) is 9.62 Å². The molecule has 0 unspecified atom stereocenters. The monoisotopic (exact) mass is 316 g/mol. The average molecular weight is 317 g/mol. The van der Waals surface area contributed by atoms with Gasteiger partial charge in [-0.2, -0.15) is 0 Å². The van der Waals surface area contributed by atoms with Crippen LogP contribution in [0.5, 0.6) is 0 Å². The van der Waals surface area contributed by atoms with Crippen LogP contribution in [0.25, 0.3) is 0 Å². The third-order valence-electron chi connectivity index (χ3n) is 3.52. The van der Waals surface area contributed by atoms with Crippen molar-refractivity contribution in [3.05, 3.63) is 29.3 Å². The molecule has 0 saturated carbocycles. The zero-order valence-electron chi connectivity index (χ0n) is 11.5. The third kappa shape index (κ3) is 4.45. The van der Waals surface area contributed by atoms with Crippen LogP contribution in [-0.4, -0.2) is 39.5 Å². The highest BCUT2D eigenvalue weighted by atomic mass is 35.5. The Labute approximate surface area is 126 Å². The maximum absolute atomic E-state index is 12.1. The van der Waals surface area contributed by atoms with Crippen LogP contribution in [-0.2, 0) is 10.0 Å². The highest BCUT2D eigenvalue weighted by Crippen LogP contribution is 2.20. The van der Waals surface area contributed by atoms with Gasteiger partial charge in [-0.3, -0.25) is 0 Å². The number of sulfonamides is 1. The van der Waals surface area contributed by atoms with E-state index in [0.717, 1.165) is 26.1 Å². The van der Waals surface area contributed by atoms with Crippen molar-refractivity contribution in [2.75, 3.05) is 26.2 Å². The molecule has 0 spiro atoms. The highest BCUT2D eigenvalue weighted by molar-refractivity contribution is 7.89. The summed E-state index contributed by atoms with van der Waals surface area (Å²) in [7, 11) is -3.49. The lowest BCUT2D eigenvalue weighted by Crippen LogP contribution is -2.33. The van der Waals surface area contributed by atoms with Crippen molar-refractivity contribution in [2.24, 2.45) is 0 Å². The number of likely N-dealkylation sites (tertiary alicyclic amines) is 1. The van der Waals surface area contributed by atoms with Crippen molar-refractivity contribution in [3.8, 4) is 0 Å². The molecule has 4 nitrogen and oxygen atoms in total. The van der Waals surface area contributed by atoms with Crippen LogP contribution in [0.3, 0.4) is 0 Å². The number of nitrogens with zero attached hydrogens (tertiary/aromatic N) is 1. The van der Waals surface area contributed by atoms with Crippen LogP contribution >= 0.6 is 11.6 Å². The number of hydrogen-bond donors (Lipinski definition) is 1. The summed E-state index contributed by atoms with van der Waals surface area (Å²) in [6.45, 7) is 3.67. The molecule has 1 fully saturated rings. The second kappa shape index (κ2) is 7.41. The molecule has 1 saturated heterocycles. The van der Waals surface area contributed by atoms with Gasteiger partial charge in [0.2, 0.25) is 10.0 Å². The molecule has 6 heteroatoms. The number of nitrogens with one attached hydrogen (secondary N) is 1. The molecule has 112 valence electrons. The second-order valence-corrected chi connectivity index (χ2v) is 7.23. The van der Waals surface area contributed by atoms with Gasteiger partial charge in [-0.05, 0) is 51.0 Å². The van der Waals surface area contributed by atoms with E-state index in [4.69, 9.17) is 11.6 Å². The zero-order chi connectivity index (χ0) is 14.4. The molecule has 1 aromatic rings. The van der Waals surface area contributed by atoms with Crippen LogP contribution in [0.2, 0.25) is 5.02 Å². The molecule has 20 heavy (non-hydrogen) atoms. The molecule has 1 aromatic carbocycles. The van der Waals surface area contributed by atoms with E-state index in [2.05, 4.69) is 9.62 Å². The Hall–Kier alpha value is -0.620. The van der Waals surface area contributed by atoms with Gasteiger partial charge in [0.1, 0.15) is 4.90 Å². The summed E-state index contributed by atoms with van der Waals surface area (Å²) in [4.78, 5) is 2.55. The average Bonchev–Trinajstić information content (AvgIpc) is 2.45. The molecule has 0 amide bonds. The Morgan fingerprint density at radius 1 is 1.15 bits per heavy atom. The Morgan fingerprint density at radius 2 is 1.85 bits per heavy atom. The molecule has 1 heterocycles. The van der Waals surface area contributed by atoms with E-state index < -0.39 is 10.0 Å². The Kier molecular flexibility index (Phi) is 5.84. The number of piperidine rings is 1. The molecule has 0 bridgehead atoms. The quantitative estimate of drug-likeness (QED) is 0.820. The fourth-order valence-electron chi connectivity index (χ4n) is 2.43. The van der Waals surface area contributed by atoms with Gasteiger partial charge in [0, 0.05) is 6.54 Å². The minimum Gasteiger partial charge on any atom is -0.303 e. The first-order valence-corrected chi connectivity index (χ1v) is 8.92. The smallest absolute Gasteiger partial charge is 0.242 e. The van der Waals surface area contributed by atoms with Crippen molar-refractivity contribution < 1.29 is 8.42 Å². The lowest BCUT2D eigenvalue weighted by Gasteiger charge is -2.26. The van der Waals surface area contributed by atoms with Crippen molar-refractivity contribution in [2.45, 2.75) is 30.6 Å². The normalized spacial score (nSPS) is 17.2. The molecule has 0 aliphatic carbocycles. The van der Waals surface area contributed by atoms with Crippen LogP contribution in [0.4, 0.5) is 0 Å². The van der Waals surface area contributed by atoms with E-state index in [1.54, 1.807) is 18.2 Å². The van der Waals surface area contributed by atoms with Crippen LogP contribution in [0, 0.1) is 0 Å². The Bertz CT molecular complexity index is 528. The lowest BCUT2D eigenvalue weighted by atomic mass is 10.1. The van der Waals surface area contributed by atoms with Crippen LogP contribution < -0.4 is 4.72 Å². The molecule has 1 aliphatic rings. The predicted molar refractivity (Wildman–Crippen MR) is 81.5 cm³/mol. The van der Waals surface area contributed by atoms with Crippen molar-refractivity contribution in [1.29, 1.82) is 0 Å². The van der Waals surface area contributed by atoms with Gasteiger partial charge in [0.25, 0.3) is 0 Å². The second-order valence-electron chi connectivity index (χ2n) is 5.08. The van der Waals surface area contributed by atoms with Gasteiger partial charge >= 0.3 is 0 Å². The first-order valence-electron chi connectivity index (χ1n) is 7.06. The Balaban J connectivity index is 1.79. The third-order valence-corrected chi connectivity index (χ3v) is 5.48. The molecule has 1 N–H and O–H groups in total. The van der Waals surface area contributed by atoms with E-state index in [0.29, 0.717) is 6.54 Å². The first-order chi connectivity index (χ1) is 9.59. The molecule has 1 aliphatic heterocycles. The molecule has 0 radical (unpaired) electrons. The minimum atomic E-state index is -3.49. The molecule has 0 aromatic heterocycles. The van der Waals surface area contributed by atoms with Gasteiger partial charge in [0.15, 0.2) is 0 Å². The first kappa shape index (κ1) is 15.8. The molecular formula is C14H21ClN2O2S. The largest absolute Gasteiger partial charge is 0.303 e. The SMILES string of the molecule is O=S(=O)(NCCCN1CCCCC1)c1ccccc1Cl. The predicted octanol–water partition coefficient (Wildman–Crippen LogP) is 2.49. The zero-order valence-corrected chi connectivity index (χ0v) is 13.1. The molecule has 2 rings (SSSR count). The summed E-state index contributed by atoms with van der Waals surface area (Å²) < 4.78 is 26.8. The summed E-state index contributed by atoms with van der Waals surface area (Å²) in [6.07, 6.45) is 4.65. The topological polar surface area (TPSA) is 49.4 Å². The maximum atomic E-state index is 12.1. The Morgan fingerprint density at radius 3 is 2.55 bits per heavy atom. The van der Waals surface area contributed by atoms with Crippen LogP contribution in [0.15, 0.2) is 29.2 Å². The minimum absolute atomic E-state index is 0.152. The lowest BCUT2D eigenvalue weighted by molar-refractivity contribution is 0.227. The summed E-state index contributed by atoms with van der Waals surface area (Å²) >= 11 is 5.92. The number of rotatable bonds is 6. The molecular weight excluding hydrogens is 296 g/mol. The fourth-order valence-corrected chi connectivity index (χ4v) is 4.02. The number of benzene rings is 1. The maximum Gasteiger partial charge on any atom is 0.242 e. The number of halogens is 1. The van der Waals surface area contributed by atoms with E-state index in [1.165, 1.54) is 25.3 Å². The highest BCUT2D eigenvalue weighted by Gasteiger charge is 2.16. The van der Waals surface area contributed by atoms with Gasteiger partial charge in [-0.25, -0.2) is 13.1 Å². The van der Waals surface area contributed by atoms with Crippen molar-refractivity contribution >= 4 is 21.6 Å². The van der Waals surface area contributed by atoms with E-state index >= 15 is 0 Å². The summed E-state index contributed by atoms with van der Waals surface area (Å²) in [6, 6.07) is 6.50. The molecule has 0 atom stereocenters. The van der Waals surface area contributed by atoms with Gasteiger partial charge in [-0.15, -0.1) is 0 Å². The van der Waals surface area contributed by atoms with Gasteiger partial charge < -0.3 is 4.90 Å². The van der Waals surface area contributed by atoms with Gasteiger partial charge in [0.05, 0.1) is 5.02 Å². The van der Waals surface area contributed by atoms with E-state index in [-0.39, 0.29) is 9.92 Å². The fraction of sp³-hybridized carbons (Fsp3) is 0.571. The van der Waals surface area contributed by atoms with E-state index in [1.807, 2.05) is 0 Å². The standard InChI is InChI=1S/C14H21ClN2O2S/c15-13-7-2-3-8-14(13)20(18,19)16-9-6-12-17-10-4-1-5-11-17/h2-3,7-8,16H,1,4-6,9-12H2. The van der Waals surface area contributed by atoms with Crippen LogP contribution in [0.1, 0.15) is 25.7 Å². The van der Waals surface area contributed by atoms with Crippen molar-refractivity contribution in [3.63, 3.8) is 0 Å². The van der Waals surface area contributed by atoms with E-state index in [9.17, 15) is 8.42 Å². The van der Waals surface area contributed by atoms with Gasteiger partial charge in [-0.1, -0.05) is 30.2 Å². The number of hydrogen-bond acceptors (Lipinski definition) is 3. The summed E-state index contributed by atoms with van der Waals surface area (Å²) in [5, 5.41) is 0.260. The summed E-state index contributed by atoms with van der Waals surface area (Å²) in [5.41, 5.74) is 0.